The Hall–Kier alpha value is -3.04. The number of hydrogen-bond acceptors (Lipinski definition) is 3. The molecule has 3 N–H and O–H groups in total. The molecule has 0 unspecified atom stereocenters. The Morgan fingerprint density at radius 1 is 0.821 bits per heavy atom. The summed E-state index contributed by atoms with van der Waals surface area (Å²) in [6.07, 6.45) is 2.01. The summed E-state index contributed by atoms with van der Waals surface area (Å²) >= 11 is 0. The first-order chi connectivity index (χ1) is 13.7. The summed E-state index contributed by atoms with van der Waals surface area (Å²) in [4.78, 5) is 0. The normalized spacial score (nSPS) is 11.8. The lowest BCUT2D eigenvalue weighted by molar-refractivity contribution is 0.328. The summed E-state index contributed by atoms with van der Waals surface area (Å²) < 4.78 is 5.63. The predicted octanol–water partition coefficient (Wildman–Crippen LogP) is 5.49. The van der Waals surface area contributed by atoms with Gasteiger partial charge in [-0.25, -0.2) is 0 Å². The van der Waals surface area contributed by atoms with E-state index in [9.17, 15) is 5.11 Å². The number of hydrogen-bond donors (Lipinski definition) is 2. The van der Waals surface area contributed by atoms with Crippen molar-refractivity contribution >= 4 is 11.1 Å². The fourth-order valence-corrected chi connectivity index (χ4v) is 3.34. The van der Waals surface area contributed by atoms with Crippen LogP contribution >= 0.6 is 0 Å². The van der Waals surface area contributed by atoms with Gasteiger partial charge in [-0.15, -0.1) is 0 Å². The molecule has 3 nitrogen and oxygen atoms in total. The Morgan fingerprint density at radius 3 is 2.00 bits per heavy atom. The Morgan fingerprint density at radius 2 is 1.43 bits per heavy atom. The highest BCUT2D eigenvalue weighted by molar-refractivity contribution is 5.98. The van der Waals surface area contributed by atoms with Gasteiger partial charge in [0.25, 0.3) is 0 Å². The largest absolute Gasteiger partial charge is 0.508 e. The molecule has 3 rings (SSSR count). The number of aromatic hydroxyl groups is 1. The first-order valence-corrected chi connectivity index (χ1v) is 9.74. The zero-order chi connectivity index (χ0) is 19.8. The van der Waals surface area contributed by atoms with Crippen molar-refractivity contribution in [2.24, 2.45) is 5.73 Å². The fourth-order valence-electron chi connectivity index (χ4n) is 3.34. The van der Waals surface area contributed by atoms with Crippen molar-refractivity contribution in [3.8, 4) is 11.5 Å². The van der Waals surface area contributed by atoms with Gasteiger partial charge in [0.1, 0.15) is 18.1 Å². The molecule has 0 amide bonds. The molecular weight excluding hydrogens is 346 g/mol. The van der Waals surface area contributed by atoms with Crippen molar-refractivity contribution in [3.05, 3.63) is 95.6 Å². The van der Waals surface area contributed by atoms with Crippen LogP contribution in [0, 0.1) is 0 Å². The van der Waals surface area contributed by atoms with Gasteiger partial charge >= 0.3 is 0 Å². The van der Waals surface area contributed by atoms with Gasteiger partial charge in [0, 0.05) is 6.54 Å². The second kappa shape index (κ2) is 9.77. The van der Waals surface area contributed by atoms with Gasteiger partial charge in [-0.3, -0.25) is 0 Å². The third-order valence-electron chi connectivity index (χ3n) is 4.61. The number of rotatable bonds is 8. The van der Waals surface area contributed by atoms with Crippen LogP contribution in [0.2, 0.25) is 0 Å². The van der Waals surface area contributed by atoms with E-state index in [1.807, 2.05) is 30.3 Å². The molecule has 0 spiro atoms. The smallest absolute Gasteiger partial charge is 0.119 e. The summed E-state index contributed by atoms with van der Waals surface area (Å²) in [5, 5.41) is 9.74. The van der Waals surface area contributed by atoms with E-state index in [-0.39, 0.29) is 5.75 Å². The number of benzene rings is 3. The predicted molar refractivity (Wildman–Crippen MR) is 116 cm³/mol. The van der Waals surface area contributed by atoms with Crippen LogP contribution in [0.4, 0.5) is 0 Å². The molecule has 0 saturated heterocycles. The first kappa shape index (κ1) is 19.7. The lowest BCUT2D eigenvalue weighted by Crippen LogP contribution is -2.10. The summed E-state index contributed by atoms with van der Waals surface area (Å²) in [6, 6.07) is 26.1. The van der Waals surface area contributed by atoms with E-state index < -0.39 is 0 Å². The number of phenolic OH excluding ortho intramolecular Hbond substituents is 1. The monoisotopic (exact) mass is 373 g/mol. The SMILES string of the molecule is CCC/C(=C(/c1ccc(O)cc1)c1ccc(OCCN)cc1)c1ccccc1. The lowest BCUT2D eigenvalue weighted by Gasteiger charge is -2.17. The maximum Gasteiger partial charge on any atom is 0.119 e. The molecule has 3 heteroatoms. The third kappa shape index (κ3) is 4.81. The van der Waals surface area contributed by atoms with Crippen molar-refractivity contribution in [1.29, 1.82) is 0 Å². The van der Waals surface area contributed by atoms with Crippen LogP contribution in [0.1, 0.15) is 36.5 Å². The fraction of sp³-hybridized carbons (Fsp3) is 0.200. The number of allylic oxidation sites excluding steroid dienone is 1. The summed E-state index contributed by atoms with van der Waals surface area (Å²) in [6.45, 7) is 3.20. The molecule has 0 aliphatic heterocycles. The van der Waals surface area contributed by atoms with Crippen LogP contribution < -0.4 is 10.5 Å². The summed E-state index contributed by atoms with van der Waals surface area (Å²) in [5.41, 5.74) is 11.4. The quantitative estimate of drug-likeness (QED) is 0.513. The minimum Gasteiger partial charge on any atom is -0.508 e. The van der Waals surface area contributed by atoms with Crippen LogP contribution in [0.15, 0.2) is 78.9 Å². The van der Waals surface area contributed by atoms with Gasteiger partial charge in [0.15, 0.2) is 0 Å². The molecule has 0 aliphatic rings. The second-order valence-corrected chi connectivity index (χ2v) is 6.68. The maximum atomic E-state index is 9.74. The van der Waals surface area contributed by atoms with Gasteiger partial charge in [-0.2, -0.15) is 0 Å². The molecular formula is C25H27NO2. The van der Waals surface area contributed by atoms with Gasteiger partial charge in [0.05, 0.1) is 0 Å². The molecule has 0 fully saturated rings. The Labute approximate surface area is 167 Å². The van der Waals surface area contributed by atoms with Gasteiger partial charge < -0.3 is 15.6 Å². The molecule has 0 atom stereocenters. The zero-order valence-electron chi connectivity index (χ0n) is 16.3. The van der Waals surface area contributed by atoms with E-state index in [1.54, 1.807) is 12.1 Å². The van der Waals surface area contributed by atoms with Crippen LogP contribution in [0.3, 0.4) is 0 Å². The van der Waals surface area contributed by atoms with E-state index in [0.29, 0.717) is 13.2 Å². The van der Waals surface area contributed by atoms with Gasteiger partial charge in [0.2, 0.25) is 0 Å². The van der Waals surface area contributed by atoms with Crippen molar-refractivity contribution in [1.82, 2.24) is 0 Å². The van der Waals surface area contributed by atoms with Crippen molar-refractivity contribution in [2.45, 2.75) is 19.8 Å². The highest BCUT2D eigenvalue weighted by Gasteiger charge is 2.14. The van der Waals surface area contributed by atoms with Gasteiger partial charge in [-0.05, 0) is 58.5 Å². The zero-order valence-corrected chi connectivity index (χ0v) is 16.3. The standard InChI is InChI=1S/C25H27NO2/c1-2-6-24(19-7-4-3-5-8-19)25(20-9-13-22(27)14-10-20)21-11-15-23(16-12-21)28-18-17-26/h3-5,7-16,27H,2,6,17-18,26H2,1H3/b25-24+. The third-order valence-corrected chi connectivity index (χ3v) is 4.61. The van der Waals surface area contributed by atoms with Crippen LogP contribution in [-0.2, 0) is 0 Å². The molecule has 0 radical (unpaired) electrons. The molecule has 0 aromatic heterocycles. The Bertz CT molecular complexity index is 898. The van der Waals surface area contributed by atoms with Crippen molar-refractivity contribution in [3.63, 3.8) is 0 Å². The first-order valence-electron chi connectivity index (χ1n) is 9.74. The van der Waals surface area contributed by atoms with E-state index in [4.69, 9.17) is 10.5 Å². The molecule has 144 valence electrons. The maximum absolute atomic E-state index is 9.74. The molecule has 0 saturated carbocycles. The molecule has 0 aliphatic carbocycles. The number of nitrogens with two attached hydrogens (primary N) is 1. The Balaban J connectivity index is 2.15. The van der Waals surface area contributed by atoms with E-state index in [0.717, 1.165) is 29.7 Å². The highest BCUT2D eigenvalue weighted by atomic mass is 16.5. The molecule has 3 aromatic rings. The molecule has 3 aromatic carbocycles. The Kier molecular flexibility index (Phi) is 6.88. The van der Waals surface area contributed by atoms with Crippen LogP contribution in [-0.4, -0.2) is 18.3 Å². The van der Waals surface area contributed by atoms with E-state index in [2.05, 4.69) is 43.3 Å². The average Bonchev–Trinajstić information content (AvgIpc) is 2.74. The topological polar surface area (TPSA) is 55.5 Å². The minimum atomic E-state index is 0.269. The summed E-state index contributed by atoms with van der Waals surface area (Å²) in [5.74, 6) is 1.08. The number of ether oxygens (including phenoxy) is 1. The summed E-state index contributed by atoms with van der Waals surface area (Å²) in [7, 11) is 0. The minimum absolute atomic E-state index is 0.269. The molecule has 28 heavy (non-hydrogen) atoms. The van der Waals surface area contributed by atoms with Crippen LogP contribution in [0.5, 0.6) is 11.5 Å². The number of phenols is 1. The molecule has 0 bridgehead atoms. The second-order valence-electron chi connectivity index (χ2n) is 6.68. The van der Waals surface area contributed by atoms with E-state index in [1.165, 1.54) is 16.7 Å². The lowest BCUT2D eigenvalue weighted by atomic mass is 9.87. The van der Waals surface area contributed by atoms with Gasteiger partial charge in [-0.1, -0.05) is 67.9 Å². The molecule has 0 heterocycles. The highest BCUT2D eigenvalue weighted by Crippen LogP contribution is 2.36. The average molecular weight is 373 g/mol. The van der Waals surface area contributed by atoms with Crippen LogP contribution in [0.25, 0.3) is 11.1 Å². The van der Waals surface area contributed by atoms with Crippen molar-refractivity contribution in [2.75, 3.05) is 13.2 Å². The van der Waals surface area contributed by atoms with E-state index >= 15 is 0 Å². The van der Waals surface area contributed by atoms with Crippen molar-refractivity contribution < 1.29 is 9.84 Å².